The Morgan fingerprint density at radius 3 is 2.56 bits per heavy atom. The molecule has 0 aromatic rings. The smallest absolute Gasteiger partial charge is 0.214 e. The molecule has 0 amide bonds. The summed E-state index contributed by atoms with van der Waals surface area (Å²) in [5.74, 6) is 0.809. The molecule has 0 bridgehead atoms. The van der Waals surface area contributed by atoms with Gasteiger partial charge in [0.1, 0.15) is 0 Å². The number of hydrogen-bond acceptors (Lipinski definition) is 3. The fraction of sp³-hybridized carbons (Fsp3) is 1.00. The topological polar surface area (TPSA) is 49.4 Å². The Kier molecular flexibility index (Phi) is 3.87. The number of likely N-dealkylation sites (N-methyl/N-ethyl adjacent to an activating group) is 1. The minimum atomic E-state index is -3.00. The monoisotopic (exact) mass is 246 g/mol. The molecule has 1 atom stereocenters. The molecule has 1 saturated heterocycles. The van der Waals surface area contributed by atoms with Crippen LogP contribution in [0.5, 0.6) is 0 Å². The normalized spacial score (nSPS) is 26.5. The molecule has 1 N–H and O–H groups in total. The van der Waals surface area contributed by atoms with Crippen LogP contribution in [0.25, 0.3) is 0 Å². The van der Waals surface area contributed by atoms with E-state index in [2.05, 4.69) is 5.32 Å². The average Bonchev–Trinajstić information content (AvgIpc) is 2.88. The van der Waals surface area contributed by atoms with E-state index in [1.54, 1.807) is 4.31 Å². The predicted octanol–water partition coefficient (Wildman–Crippen LogP) is 0.800. The van der Waals surface area contributed by atoms with Crippen LogP contribution in [0.2, 0.25) is 0 Å². The van der Waals surface area contributed by atoms with Crippen LogP contribution >= 0.6 is 0 Å². The lowest BCUT2D eigenvalue weighted by atomic mass is 10.2. The van der Waals surface area contributed by atoms with Gasteiger partial charge in [0.2, 0.25) is 10.0 Å². The lowest BCUT2D eigenvalue weighted by Gasteiger charge is -2.23. The summed E-state index contributed by atoms with van der Waals surface area (Å²) in [5.41, 5.74) is 0. The van der Waals surface area contributed by atoms with Crippen LogP contribution in [0, 0.1) is 5.92 Å². The van der Waals surface area contributed by atoms with E-state index in [1.165, 1.54) is 6.42 Å². The van der Waals surface area contributed by atoms with E-state index >= 15 is 0 Å². The summed E-state index contributed by atoms with van der Waals surface area (Å²) < 4.78 is 25.9. The van der Waals surface area contributed by atoms with Crippen LogP contribution in [-0.2, 0) is 10.0 Å². The molecule has 0 spiro atoms. The second-order valence-electron chi connectivity index (χ2n) is 4.97. The molecule has 16 heavy (non-hydrogen) atoms. The van der Waals surface area contributed by atoms with Crippen molar-refractivity contribution in [3.05, 3.63) is 0 Å². The van der Waals surface area contributed by atoms with Gasteiger partial charge < -0.3 is 5.32 Å². The second kappa shape index (κ2) is 5.02. The van der Waals surface area contributed by atoms with Gasteiger partial charge in [-0.05, 0) is 38.1 Å². The highest BCUT2D eigenvalue weighted by Gasteiger charge is 2.32. The maximum absolute atomic E-state index is 12.1. The number of nitrogens with zero attached hydrogens (tertiary/aromatic N) is 1. The van der Waals surface area contributed by atoms with Crippen molar-refractivity contribution in [2.45, 2.75) is 38.6 Å². The summed E-state index contributed by atoms with van der Waals surface area (Å²) in [6.45, 7) is 4.23. The highest BCUT2D eigenvalue weighted by Crippen LogP contribution is 2.31. The first-order chi connectivity index (χ1) is 7.62. The third-order valence-corrected chi connectivity index (χ3v) is 5.56. The molecule has 1 aliphatic carbocycles. The van der Waals surface area contributed by atoms with E-state index in [9.17, 15) is 8.42 Å². The van der Waals surface area contributed by atoms with E-state index in [0.29, 0.717) is 30.8 Å². The van der Waals surface area contributed by atoms with Crippen LogP contribution in [0.4, 0.5) is 0 Å². The predicted molar refractivity (Wildman–Crippen MR) is 64.8 cm³/mol. The minimum Gasteiger partial charge on any atom is -0.313 e. The fourth-order valence-electron chi connectivity index (χ4n) is 2.29. The SMILES string of the molecule is CCN(CC1CCCN1)S(=O)(=O)CC1CC1. The van der Waals surface area contributed by atoms with Gasteiger partial charge in [0, 0.05) is 19.1 Å². The van der Waals surface area contributed by atoms with Crippen LogP contribution in [0.15, 0.2) is 0 Å². The molecular weight excluding hydrogens is 224 g/mol. The molecule has 0 radical (unpaired) electrons. The second-order valence-corrected chi connectivity index (χ2v) is 6.98. The van der Waals surface area contributed by atoms with Gasteiger partial charge in [-0.25, -0.2) is 12.7 Å². The number of rotatable bonds is 6. The van der Waals surface area contributed by atoms with Crippen molar-refractivity contribution < 1.29 is 8.42 Å². The van der Waals surface area contributed by atoms with Gasteiger partial charge in [-0.3, -0.25) is 0 Å². The molecule has 1 aliphatic heterocycles. The summed E-state index contributed by atoms with van der Waals surface area (Å²) in [7, 11) is -3.00. The average molecular weight is 246 g/mol. The zero-order chi connectivity index (χ0) is 11.6. The zero-order valence-electron chi connectivity index (χ0n) is 9.98. The Morgan fingerprint density at radius 1 is 1.31 bits per heavy atom. The Hall–Kier alpha value is -0.130. The van der Waals surface area contributed by atoms with Gasteiger partial charge in [-0.1, -0.05) is 6.92 Å². The van der Waals surface area contributed by atoms with E-state index in [-0.39, 0.29) is 0 Å². The largest absolute Gasteiger partial charge is 0.313 e. The number of nitrogens with one attached hydrogen (secondary N) is 1. The lowest BCUT2D eigenvalue weighted by molar-refractivity contribution is 0.382. The number of sulfonamides is 1. The molecule has 2 rings (SSSR count). The van der Waals surface area contributed by atoms with E-state index in [1.807, 2.05) is 6.92 Å². The Labute approximate surface area is 98.4 Å². The molecular formula is C11H22N2O2S. The zero-order valence-corrected chi connectivity index (χ0v) is 10.8. The van der Waals surface area contributed by atoms with Gasteiger partial charge in [0.25, 0.3) is 0 Å². The van der Waals surface area contributed by atoms with Crippen molar-refractivity contribution in [1.29, 1.82) is 0 Å². The molecule has 1 heterocycles. The van der Waals surface area contributed by atoms with E-state index in [0.717, 1.165) is 25.8 Å². The highest BCUT2D eigenvalue weighted by molar-refractivity contribution is 7.89. The maximum atomic E-state index is 12.1. The van der Waals surface area contributed by atoms with Gasteiger partial charge in [-0.2, -0.15) is 0 Å². The van der Waals surface area contributed by atoms with Gasteiger partial charge in [-0.15, -0.1) is 0 Å². The first kappa shape index (κ1) is 12.3. The van der Waals surface area contributed by atoms with Gasteiger partial charge >= 0.3 is 0 Å². The lowest BCUT2D eigenvalue weighted by Crippen LogP contribution is -2.42. The summed E-state index contributed by atoms with van der Waals surface area (Å²) in [5, 5.41) is 3.36. The highest BCUT2D eigenvalue weighted by atomic mass is 32.2. The molecule has 2 fully saturated rings. The Bertz CT molecular complexity index is 319. The minimum absolute atomic E-state index is 0.369. The molecule has 4 nitrogen and oxygen atoms in total. The quantitative estimate of drug-likeness (QED) is 0.754. The third-order valence-electron chi connectivity index (χ3n) is 3.48. The summed E-state index contributed by atoms with van der Waals surface area (Å²) in [6.07, 6.45) is 4.47. The van der Waals surface area contributed by atoms with Gasteiger partial charge in [0.15, 0.2) is 0 Å². The summed E-state index contributed by atoms with van der Waals surface area (Å²) in [6, 6.07) is 0.369. The first-order valence-corrected chi connectivity index (χ1v) is 7.94. The molecule has 0 aromatic heterocycles. The molecule has 94 valence electrons. The van der Waals surface area contributed by atoms with Crippen molar-refractivity contribution in [2.24, 2.45) is 5.92 Å². The third kappa shape index (κ3) is 3.18. The van der Waals surface area contributed by atoms with E-state index in [4.69, 9.17) is 0 Å². The number of hydrogen-bond donors (Lipinski definition) is 1. The van der Waals surface area contributed by atoms with Crippen LogP contribution < -0.4 is 5.32 Å². The van der Waals surface area contributed by atoms with Crippen LogP contribution in [-0.4, -0.2) is 44.2 Å². The standard InChI is InChI=1S/C11H22N2O2S/c1-2-13(8-11-4-3-7-12-11)16(14,15)9-10-5-6-10/h10-12H,2-9H2,1H3. The van der Waals surface area contributed by atoms with Gasteiger partial charge in [0.05, 0.1) is 5.75 Å². The molecule has 5 heteroatoms. The maximum Gasteiger partial charge on any atom is 0.214 e. The molecule has 1 unspecified atom stereocenters. The summed E-state index contributed by atoms with van der Waals surface area (Å²) in [4.78, 5) is 0. The molecule has 2 aliphatic rings. The van der Waals surface area contributed by atoms with E-state index < -0.39 is 10.0 Å². The van der Waals surface area contributed by atoms with Crippen molar-refractivity contribution >= 4 is 10.0 Å². The fourth-order valence-corrected chi connectivity index (χ4v) is 4.23. The van der Waals surface area contributed by atoms with Crippen molar-refractivity contribution in [2.75, 3.05) is 25.4 Å². The van der Waals surface area contributed by atoms with Crippen molar-refractivity contribution in [3.63, 3.8) is 0 Å². The molecule has 1 saturated carbocycles. The summed E-state index contributed by atoms with van der Waals surface area (Å²) >= 11 is 0. The van der Waals surface area contributed by atoms with Crippen molar-refractivity contribution in [1.82, 2.24) is 9.62 Å². The Balaban J connectivity index is 1.91. The first-order valence-electron chi connectivity index (χ1n) is 6.33. The van der Waals surface area contributed by atoms with Crippen LogP contribution in [0.1, 0.15) is 32.6 Å². The van der Waals surface area contributed by atoms with Crippen LogP contribution in [0.3, 0.4) is 0 Å². The van der Waals surface area contributed by atoms with Crippen molar-refractivity contribution in [3.8, 4) is 0 Å². The molecule has 0 aromatic carbocycles. The Morgan fingerprint density at radius 2 is 2.06 bits per heavy atom.